The molecular weight excluding hydrogens is 687 g/mol. The van der Waals surface area contributed by atoms with E-state index in [1.54, 1.807) is 0 Å². The molecule has 0 amide bonds. The van der Waals surface area contributed by atoms with Crippen LogP contribution in [0.2, 0.25) is 0 Å². The molecule has 0 N–H and O–H groups in total. The molecule has 0 atom stereocenters. The third-order valence-corrected chi connectivity index (χ3v) is 11.8. The lowest BCUT2D eigenvalue weighted by Crippen LogP contribution is -2.00. The van der Waals surface area contributed by atoms with E-state index in [1.807, 2.05) is 11.3 Å². The number of nitrogens with zero attached hydrogens (tertiary/aromatic N) is 3. The molecule has 0 aliphatic rings. The molecule has 11 rings (SSSR count). The van der Waals surface area contributed by atoms with Gasteiger partial charge in [-0.3, -0.25) is 0 Å². The van der Waals surface area contributed by atoms with E-state index in [9.17, 15) is 0 Å². The predicted octanol–water partition coefficient (Wildman–Crippen LogP) is 14.0. The Balaban J connectivity index is 1.09. The fraction of sp³-hybridized carbons (Fsp3) is 0. The first-order chi connectivity index (χ1) is 27.2. The molecule has 0 bridgehead atoms. The lowest BCUT2D eigenvalue weighted by Gasteiger charge is -2.13. The van der Waals surface area contributed by atoms with Gasteiger partial charge in [-0.1, -0.05) is 140 Å². The summed E-state index contributed by atoms with van der Waals surface area (Å²) in [6.07, 6.45) is 0. The molecule has 0 saturated carbocycles. The van der Waals surface area contributed by atoms with E-state index in [-0.39, 0.29) is 0 Å². The molecule has 11 aromatic rings. The van der Waals surface area contributed by atoms with Crippen LogP contribution in [-0.4, -0.2) is 15.0 Å². The molecule has 0 saturated heterocycles. The minimum Gasteiger partial charge on any atom is -0.208 e. The molecular formula is C51H31N3S. The quantitative estimate of drug-likeness (QED) is 0.178. The number of rotatable bonds is 5. The largest absolute Gasteiger partial charge is 0.208 e. The van der Waals surface area contributed by atoms with E-state index >= 15 is 0 Å². The average Bonchev–Trinajstić information content (AvgIpc) is 3.63. The Hall–Kier alpha value is -7.01. The second-order valence-corrected chi connectivity index (χ2v) is 15.1. The van der Waals surface area contributed by atoms with Crippen LogP contribution in [-0.2, 0) is 0 Å². The van der Waals surface area contributed by atoms with Gasteiger partial charge in [0.2, 0.25) is 0 Å². The van der Waals surface area contributed by atoms with Gasteiger partial charge in [0.15, 0.2) is 17.5 Å². The van der Waals surface area contributed by atoms with Crippen molar-refractivity contribution in [1.82, 2.24) is 15.0 Å². The first-order valence-electron chi connectivity index (χ1n) is 18.5. The second-order valence-electron chi connectivity index (χ2n) is 14.0. The van der Waals surface area contributed by atoms with E-state index in [4.69, 9.17) is 15.0 Å². The summed E-state index contributed by atoms with van der Waals surface area (Å²) in [5, 5.41) is 9.59. The Kier molecular flexibility index (Phi) is 7.35. The van der Waals surface area contributed by atoms with Gasteiger partial charge in [-0.2, -0.15) is 0 Å². The molecule has 0 aliphatic heterocycles. The molecule has 3 nitrogen and oxygen atoms in total. The summed E-state index contributed by atoms with van der Waals surface area (Å²) in [4.78, 5) is 15.7. The highest BCUT2D eigenvalue weighted by Crippen LogP contribution is 2.38. The van der Waals surface area contributed by atoms with Gasteiger partial charge in [-0.15, -0.1) is 11.3 Å². The Morgan fingerprint density at radius 3 is 1.62 bits per heavy atom. The zero-order chi connectivity index (χ0) is 36.3. The van der Waals surface area contributed by atoms with E-state index < -0.39 is 0 Å². The highest BCUT2D eigenvalue weighted by atomic mass is 32.1. The van der Waals surface area contributed by atoms with Crippen molar-refractivity contribution in [2.75, 3.05) is 0 Å². The van der Waals surface area contributed by atoms with Gasteiger partial charge in [-0.05, 0) is 103 Å². The van der Waals surface area contributed by atoms with Gasteiger partial charge in [0.1, 0.15) is 0 Å². The number of thiophene rings is 1. The van der Waals surface area contributed by atoms with Crippen molar-refractivity contribution in [3.63, 3.8) is 0 Å². The molecule has 0 fully saturated rings. The highest BCUT2D eigenvalue weighted by Gasteiger charge is 2.17. The van der Waals surface area contributed by atoms with Crippen molar-refractivity contribution in [3.05, 3.63) is 188 Å². The average molecular weight is 718 g/mol. The van der Waals surface area contributed by atoms with Crippen molar-refractivity contribution in [2.45, 2.75) is 0 Å². The van der Waals surface area contributed by atoms with Gasteiger partial charge in [0.05, 0.1) is 0 Å². The zero-order valence-corrected chi connectivity index (χ0v) is 30.5. The lowest BCUT2D eigenvalue weighted by atomic mass is 9.95. The third-order valence-electron chi connectivity index (χ3n) is 10.7. The molecule has 4 heteroatoms. The summed E-state index contributed by atoms with van der Waals surface area (Å²) in [6.45, 7) is 0. The van der Waals surface area contributed by atoms with E-state index in [0.717, 1.165) is 38.6 Å². The minimum absolute atomic E-state index is 0.643. The van der Waals surface area contributed by atoms with E-state index in [2.05, 4.69) is 188 Å². The molecule has 256 valence electrons. The van der Waals surface area contributed by atoms with Crippen LogP contribution in [0, 0.1) is 0 Å². The Morgan fingerprint density at radius 2 is 0.818 bits per heavy atom. The monoisotopic (exact) mass is 717 g/mol. The first kappa shape index (κ1) is 31.5. The Bertz CT molecular complexity index is 3270. The zero-order valence-electron chi connectivity index (χ0n) is 29.6. The van der Waals surface area contributed by atoms with Crippen LogP contribution in [0.15, 0.2) is 188 Å². The molecule has 0 unspecified atom stereocenters. The molecule has 0 spiro atoms. The standard InChI is InChI=1S/C51H31N3S/c1-2-11-33(12-3-1)45-31-40(29-36-14-5-7-17-43(36)45)51-53-49(52-50(54-51)39-25-26-48-46(30-39)44-18-8-9-20-47(44)55-48)38-24-22-34-27-37(23-21-35(34)28-38)42-19-10-15-32-13-4-6-16-41(32)42/h1-31H. The Labute approximate surface area is 321 Å². The first-order valence-corrected chi connectivity index (χ1v) is 19.3. The number of hydrogen-bond donors (Lipinski definition) is 0. The van der Waals surface area contributed by atoms with Crippen LogP contribution >= 0.6 is 11.3 Å². The summed E-state index contributed by atoms with van der Waals surface area (Å²) >= 11 is 1.81. The smallest absolute Gasteiger partial charge is 0.164 e. The topological polar surface area (TPSA) is 38.7 Å². The number of benzene rings is 9. The fourth-order valence-corrected chi connectivity index (χ4v) is 9.04. The molecule has 0 aliphatic carbocycles. The Morgan fingerprint density at radius 1 is 0.273 bits per heavy atom. The molecule has 9 aromatic carbocycles. The second kappa shape index (κ2) is 12.8. The number of hydrogen-bond acceptors (Lipinski definition) is 4. The van der Waals surface area contributed by atoms with Crippen molar-refractivity contribution in [3.8, 4) is 56.4 Å². The van der Waals surface area contributed by atoms with Gasteiger partial charge >= 0.3 is 0 Å². The van der Waals surface area contributed by atoms with Crippen molar-refractivity contribution < 1.29 is 0 Å². The summed E-state index contributed by atoms with van der Waals surface area (Å²) in [6, 6.07) is 67.1. The van der Waals surface area contributed by atoms with Gasteiger partial charge < -0.3 is 0 Å². The highest BCUT2D eigenvalue weighted by molar-refractivity contribution is 7.25. The summed E-state index contributed by atoms with van der Waals surface area (Å²) in [5.74, 6) is 1.94. The lowest BCUT2D eigenvalue weighted by molar-refractivity contribution is 1.08. The van der Waals surface area contributed by atoms with Gasteiger partial charge in [0, 0.05) is 36.9 Å². The molecule has 2 heterocycles. The van der Waals surface area contributed by atoms with Crippen LogP contribution < -0.4 is 0 Å². The maximum Gasteiger partial charge on any atom is 0.164 e. The van der Waals surface area contributed by atoms with Crippen molar-refractivity contribution >= 4 is 63.8 Å². The fourth-order valence-electron chi connectivity index (χ4n) is 7.95. The van der Waals surface area contributed by atoms with Crippen LogP contribution in [0.3, 0.4) is 0 Å². The SMILES string of the molecule is c1ccc(-c2cc(-c3nc(-c4ccc5cc(-c6cccc7ccccc67)ccc5c4)nc(-c4ccc5sc6ccccc6c5c4)n3)cc3ccccc23)cc1. The summed E-state index contributed by atoms with van der Waals surface area (Å²) in [5.41, 5.74) is 7.59. The van der Waals surface area contributed by atoms with Crippen LogP contribution in [0.1, 0.15) is 0 Å². The maximum atomic E-state index is 5.23. The predicted molar refractivity (Wildman–Crippen MR) is 232 cm³/mol. The number of fused-ring (bicyclic) bond motifs is 6. The normalized spacial score (nSPS) is 11.6. The van der Waals surface area contributed by atoms with Crippen LogP contribution in [0.25, 0.3) is 109 Å². The van der Waals surface area contributed by atoms with Crippen LogP contribution in [0.4, 0.5) is 0 Å². The third kappa shape index (κ3) is 5.54. The van der Waals surface area contributed by atoms with Crippen molar-refractivity contribution in [2.24, 2.45) is 0 Å². The summed E-state index contributed by atoms with van der Waals surface area (Å²) in [7, 11) is 0. The minimum atomic E-state index is 0.643. The maximum absolute atomic E-state index is 5.23. The summed E-state index contributed by atoms with van der Waals surface area (Å²) < 4.78 is 2.52. The van der Waals surface area contributed by atoms with E-state index in [1.165, 1.54) is 52.8 Å². The number of aromatic nitrogens is 3. The molecule has 2 aromatic heterocycles. The van der Waals surface area contributed by atoms with Crippen LogP contribution in [0.5, 0.6) is 0 Å². The van der Waals surface area contributed by atoms with Crippen molar-refractivity contribution in [1.29, 1.82) is 0 Å². The van der Waals surface area contributed by atoms with E-state index in [0.29, 0.717) is 17.5 Å². The molecule has 55 heavy (non-hydrogen) atoms. The molecule has 0 radical (unpaired) electrons. The van der Waals surface area contributed by atoms with Gasteiger partial charge in [0.25, 0.3) is 0 Å². The van der Waals surface area contributed by atoms with Gasteiger partial charge in [-0.25, -0.2) is 15.0 Å².